The first-order chi connectivity index (χ1) is 24.1. The standard InChI is InChI=1S/C36H50N6O7S2/c1-35(2,3)49-34(46)38-28-14-8-6-4-5-7-13-25-20-36(25,32(45)40-51(47,48)27-15-16-27)39-30(43)29-19-26(22-42(29)31(28)44)37-33(50)41-18-17-23-11-9-10-12-24(23)21-41/h7,9-13,25-29H,4-6,8,14-22H2,1-3H3,(H,37,50)(H,38,46)(H,39,43)(H,40,45)/b13-7-/t25-,26+,28-,29-,36+/m0/s1. The number of thiocarbonyl (C=S) groups is 1. The monoisotopic (exact) mass is 742 g/mol. The van der Waals surface area contributed by atoms with Crippen molar-refractivity contribution in [2.45, 2.75) is 126 Å². The van der Waals surface area contributed by atoms with E-state index in [2.05, 4.69) is 37.7 Å². The molecule has 4 N–H and O–H groups in total. The van der Waals surface area contributed by atoms with E-state index >= 15 is 0 Å². The summed E-state index contributed by atoms with van der Waals surface area (Å²) in [7, 11) is -3.86. The molecule has 1 aromatic rings. The molecular weight excluding hydrogens is 693 g/mol. The molecule has 1 aromatic carbocycles. The third kappa shape index (κ3) is 8.85. The second-order valence-electron chi connectivity index (χ2n) is 15.5. The van der Waals surface area contributed by atoms with Crippen molar-refractivity contribution in [1.82, 2.24) is 30.5 Å². The van der Waals surface area contributed by atoms with Crippen molar-refractivity contribution in [1.29, 1.82) is 0 Å². The van der Waals surface area contributed by atoms with Gasteiger partial charge in [0.2, 0.25) is 21.8 Å². The predicted octanol–water partition coefficient (Wildman–Crippen LogP) is 2.79. The Kier molecular flexibility index (Phi) is 10.7. The summed E-state index contributed by atoms with van der Waals surface area (Å²) in [5.74, 6) is -2.15. The van der Waals surface area contributed by atoms with Crippen LogP contribution in [0.25, 0.3) is 0 Å². The van der Waals surface area contributed by atoms with Crippen LogP contribution in [0.4, 0.5) is 4.79 Å². The zero-order valence-electron chi connectivity index (χ0n) is 29.6. The average molecular weight is 743 g/mol. The Morgan fingerprint density at radius 2 is 1.78 bits per heavy atom. The summed E-state index contributed by atoms with van der Waals surface area (Å²) in [4.78, 5) is 58.8. The topological polar surface area (TPSA) is 166 Å². The number of hydrogen-bond acceptors (Lipinski definition) is 8. The summed E-state index contributed by atoms with van der Waals surface area (Å²) in [6.45, 7) is 6.72. The van der Waals surface area contributed by atoms with Gasteiger partial charge in [0.05, 0.1) is 5.25 Å². The molecular formula is C36H50N6O7S2. The number of rotatable bonds is 5. The van der Waals surface area contributed by atoms with Gasteiger partial charge in [0.25, 0.3) is 5.91 Å². The summed E-state index contributed by atoms with van der Waals surface area (Å²) >= 11 is 5.84. The highest BCUT2D eigenvalue weighted by molar-refractivity contribution is 7.91. The molecule has 278 valence electrons. The third-order valence-electron chi connectivity index (χ3n) is 10.3. The minimum Gasteiger partial charge on any atom is -0.444 e. The van der Waals surface area contributed by atoms with Gasteiger partial charge in [-0.1, -0.05) is 49.3 Å². The molecule has 1 saturated heterocycles. The van der Waals surface area contributed by atoms with Crippen LogP contribution in [0.2, 0.25) is 0 Å². The van der Waals surface area contributed by atoms with Gasteiger partial charge in [-0.3, -0.25) is 19.1 Å². The first-order valence-corrected chi connectivity index (χ1v) is 20.1. The molecule has 0 bridgehead atoms. The number of benzene rings is 1. The molecule has 0 unspecified atom stereocenters. The molecule has 3 fully saturated rings. The first-order valence-electron chi connectivity index (χ1n) is 18.1. The quantitative estimate of drug-likeness (QED) is 0.261. The van der Waals surface area contributed by atoms with E-state index in [1.807, 2.05) is 24.3 Å². The Hall–Kier alpha value is -3.72. The number of carbonyl (C=O) groups excluding carboxylic acids is 4. The fourth-order valence-electron chi connectivity index (χ4n) is 7.29. The van der Waals surface area contributed by atoms with E-state index in [1.165, 1.54) is 16.0 Å². The van der Waals surface area contributed by atoms with E-state index in [0.29, 0.717) is 43.8 Å². The molecule has 3 heterocycles. The largest absolute Gasteiger partial charge is 0.444 e. The Morgan fingerprint density at radius 1 is 1.04 bits per heavy atom. The number of carbonyl (C=O) groups is 4. The Labute approximate surface area is 305 Å². The number of alkyl carbamates (subject to hydrolysis) is 1. The van der Waals surface area contributed by atoms with Crippen LogP contribution in [0.5, 0.6) is 0 Å². The number of amides is 4. The lowest BCUT2D eigenvalue weighted by Gasteiger charge is -2.32. The van der Waals surface area contributed by atoms with Crippen molar-refractivity contribution < 1.29 is 32.3 Å². The summed E-state index contributed by atoms with van der Waals surface area (Å²) in [6, 6.07) is 5.87. The van der Waals surface area contributed by atoms with Gasteiger partial charge in [-0.25, -0.2) is 13.2 Å². The van der Waals surface area contributed by atoms with Crippen molar-refractivity contribution in [3.05, 3.63) is 47.5 Å². The van der Waals surface area contributed by atoms with Gasteiger partial charge in [0.15, 0.2) is 5.11 Å². The maximum absolute atomic E-state index is 14.4. The molecule has 15 heteroatoms. The van der Waals surface area contributed by atoms with Gasteiger partial charge in [-0.15, -0.1) is 0 Å². The molecule has 4 amide bonds. The average Bonchev–Trinajstić information content (AvgIpc) is 3.99. The second-order valence-corrected chi connectivity index (χ2v) is 17.9. The minimum absolute atomic E-state index is 0.132. The molecule has 5 aliphatic rings. The van der Waals surface area contributed by atoms with Gasteiger partial charge in [-0.2, -0.15) is 0 Å². The number of fused-ring (bicyclic) bond motifs is 3. The van der Waals surface area contributed by atoms with Crippen LogP contribution in [-0.4, -0.2) is 94.7 Å². The lowest BCUT2D eigenvalue weighted by molar-refractivity contribution is -0.141. The summed E-state index contributed by atoms with van der Waals surface area (Å²) < 4.78 is 33.3. The Morgan fingerprint density at radius 3 is 2.51 bits per heavy atom. The molecule has 13 nitrogen and oxygen atoms in total. The van der Waals surface area contributed by atoms with E-state index < -0.39 is 74.3 Å². The SMILES string of the molecule is CC(C)(C)OC(=O)N[C@H]1CCCCC/C=C\[C@H]2C[C@@]2(C(=O)NS(=O)(=O)C2CC2)NC(=O)[C@@H]2C[C@@H](NC(=S)N3CCc4ccccc4C3)CN2C1=O. The zero-order valence-corrected chi connectivity index (χ0v) is 31.2. The number of hydrogen-bond donors (Lipinski definition) is 4. The maximum atomic E-state index is 14.4. The van der Waals surface area contributed by atoms with E-state index in [0.717, 1.165) is 25.8 Å². The fourth-order valence-corrected chi connectivity index (χ4v) is 8.98. The van der Waals surface area contributed by atoms with Crippen molar-refractivity contribution in [3.63, 3.8) is 0 Å². The van der Waals surface area contributed by atoms with Crippen molar-refractivity contribution in [3.8, 4) is 0 Å². The molecule has 5 atom stereocenters. The third-order valence-corrected chi connectivity index (χ3v) is 12.5. The summed E-state index contributed by atoms with van der Waals surface area (Å²) in [6.07, 6.45) is 8.70. The summed E-state index contributed by atoms with van der Waals surface area (Å²) in [5.41, 5.74) is 0.237. The van der Waals surface area contributed by atoms with Crippen molar-refractivity contribution in [2.75, 3.05) is 13.1 Å². The van der Waals surface area contributed by atoms with Gasteiger partial charge in [0.1, 0.15) is 23.2 Å². The van der Waals surface area contributed by atoms with E-state index in [1.54, 1.807) is 20.8 Å². The molecule has 2 aliphatic carbocycles. The van der Waals surface area contributed by atoms with Crippen LogP contribution in [-0.2, 0) is 42.1 Å². The highest BCUT2D eigenvalue weighted by Gasteiger charge is 2.62. The molecule has 0 aromatic heterocycles. The highest BCUT2D eigenvalue weighted by Crippen LogP contribution is 2.46. The second kappa shape index (κ2) is 14.7. The van der Waals surface area contributed by atoms with Crippen LogP contribution < -0.4 is 20.7 Å². The van der Waals surface area contributed by atoms with E-state index in [4.69, 9.17) is 17.0 Å². The maximum Gasteiger partial charge on any atom is 0.408 e. The Balaban J connectivity index is 1.25. The first kappa shape index (κ1) is 37.1. The summed E-state index contributed by atoms with van der Waals surface area (Å²) in [5, 5.41) is 8.97. The number of nitrogens with zero attached hydrogens (tertiary/aromatic N) is 2. The van der Waals surface area contributed by atoms with Crippen molar-refractivity contribution in [2.24, 2.45) is 5.92 Å². The lowest BCUT2D eigenvalue weighted by Crippen LogP contribution is -2.58. The molecule has 3 aliphatic heterocycles. The van der Waals surface area contributed by atoms with Crippen LogP contribution in [0, 0.1) is 5.92 Å². The Bertz CT molecular complexity index is 1690. The van der Waals surface area contributed by atoms with Crippen LogP contribution in [0.1, 0.15) is 89.7 Å². The molecule has 0 spiro atoms. The van der Waals surface area contributed by atoms with Gasteiger partial charge in [0, 0.05) is 31.6 Å². The van der Waals surface area contributed by atoms with Crippen LogP contribution >= 0.6 is 12.2 Å². The lowest BCUT2D eigenvalue weighted by atomic mass is 10.0. The smallest absolute Gasteiger partial charge is 0.408 e. The molecule has 6 rings (SSSR count). The highest BCUT2D eigenvalue weighted by atomic mass is 32.2. The fraction of sp³-hybridized carbons (Fsp3) is 0.639. The molecule has 2 saturated carbocycles. The number of allylic oxidation sites excluding steroid dienone is 1. The molecule has 0 radical (unpaired) electrons. The van der Waals surface area contributed by atoms with Crippen molar-refractivity contribution >= 4 is 51.2 Å². The van der Waals surface area contributed by atoms with E-state index in [-0.39, 0.29) is 19.4 Å². The zero-order chi connectivity index (χ0) is 36.6. The number of nitrogens with one attached hydrogen (secondary N) is 4. The van der Waals surface area contributed by atoms with Gasteiger partial charge >= 0.3 is 6.09 Å². The normalized spacial score (nSPS) is 29.2. The number of ether oxygens (including phenoxy) is 1. The number of sulfonamides is 1. The molecule has 51 heavy (non-hydrogen) atoms. The van der Waals surface area contributed by atoms with E-state index in [9.17, 15) is 27.6 Å². The van der Waals surface area contributed by atoms with Crippen LogP contribution in [0.3, 0.4) is 0 Å². The van der Waals surface area contributed by atoms with Gasteiger partial charge in [-0.05, 0) is 95.5 Å². The van der Waals surface area contributed by atoms with Gasteiger partial charge < -0.3 is 30.5 Å². The minimum atomic E-state index is -3.86. The van der Waals surface area contributed by atoms with Crippen LogP contribution in [0.15, 0.2) is 36.4 Å². The predicted molar refractivity (Wildman–Crippen MR) is 195 cm³/mol.